The number of benzene rings is 1. The second-order valence-electron chi connectivity index (χ2n) is 4.78. The number of methoxy groups -OCH3 is 1. The number of nitrogens with zero attached hydrogens (tertiary/aromatic N) is 1. The van der Waals surface area contributed by atoms with Crippen LogP contribution in [0.25, 0.3) is 0 Å². The Morgan fingerprint density at radius 3 is 2.81 bits per heavy atom. The van der Waals surface area contributed by atoms with Gasteiger partial charge in [-0.1, -0.05) is 28.9 Å². The fourth-order valence-electron chi connectivity index (χ4n) is 2.42. The number of pyridine rings is 1. The van der Waals surface area contributed by atoms with Gasteiger partial charge in [-0.2, -0.15) is 0 Å². The van der Waals surface area contributed by atoms with Gasteiger partial charge in [0.2, 0.25) is 0 Å². The molecule has 1 aromatic heterocycles. The van der Waals surface area contributed by atoms with Gasteiger partial charge in [0, 0.05) is 10.7 Å². The molecule has 0 aliphatic heterocycles. The summed E-state index contributed by atoms with van der Waals surface area (Å²) in [4.78, 5) is 4.50. The topological polar surface area (TPSA) is 60.2 Å². The number of hydrogen-bond donors (Lipinski definition) is 2. The first-order valence-corrected chi connectivity index (χ1v) is 7.71. The second kappa shape index (κ2) is 7.54. The summed E-state index contributed by atoms with van der Waals surface area (Å²) in [5.74, 6) is 6.62. The van der Waals surface area contributed by atoms with E-state index in [0.717, 1.165) is 27.9 Å². The molecule has 0 aliphatic rings. The summed E-state index contributed by atoms with van der Waals surface area (Å²) in [7, 11) is 1.68. The summed E-state index contributed by atoms with van der Waals surface area (Å²) >= 11 is 3.50. The van der Waals surface area contributed by atoms with Crippen molar-refractivity contribution in [1.82, 2.24) is 10.4 Å². The highest BCUT2D eigenvalue weighted by molar-refractivity contribution is 9.10. The van der Waals surface area contributed by atoms with E-state index in [0.29, 0.717) is 6.42 Å². The molecular weight excluding hydrogens is 330 g/mol. The quantitative estimate of drug-likeness (QED) is 0.621. The number of ether oxygens (including phenoxy) is 1. The Bertz CT molecular complexity index is 604. The van der Waals surface area contributed by atoms with Gasteiger partial charge in [0.15, 0.2) is 0 Å². The molecule has 0 radical (unpaired) electrons. The van der Waals surface area contributed by atoms with Crippen molar-refractivity contribution in [3.8, 4) is 5.75 Å². The minimum atomic E-state index is -0.0515. The third-order valence-corrected chi connectivity index (χ3v) is 4.00. The Labute approximate surface area is 133 Å². The van der Waals surface area contributed by atoms with Crippen molar-refractivity contribution >= 4 is 15.9 Å². The van der Waals surface area contributed by atoms with E-state index in [2.05, 4.69) is 45.4 Å². The number of nitrogens with one attached hydrogen (secondary N) is 1. The van der Waals surface area contributed by atoms with E-state index in [4.69, 9.17) is 10.6 Å². The molecule has 0 spiro atoms. The maximum atomic E-state index is 5.76. The van der Waals surface area contributed by atoms with Crippen molar-refractivity contribution in [2.75, 3.05) is 7.11 Å². The number of aromatic nitrogens is 1. The number of hydrazine groups is 1. The van der Waals surface area contributed by atoms with Gasteiger partial charge in [-0.05, 0) is 48.2 Å². The fourth-order valence-corrected chi connectivity index (χ4v) is 2.83. The Kier molecular flexibility index (Phi) is 5.73. The highest BCUT2D eigenvalue weighted by Gasteiger charge is 2.17. The van der Waals surface area contributed by atoms with E-state index in [1.165, 1.54) is 5.56 Å². The van der Waals surface area contributed by atoms with Crippen LogP contribution >= 0.6 is 15.9 Å². The summed E-state index contributed by atoms with van der Waals surface area (Å²) in [6.07, 6.45) is 3.44. The van der Waals surface area contributed by atoms with Crippen molar-refractivity contribution in [2.24, 2.45) is 5.84 Å². The fraction of sp³-hybridized carbons (Fsp3) is 0.312. The number of aryl methyl sites for hydroxylation is 1. The monoisotopic (exact) mass is 349 g/mol. The van der Waals surface area contributed by atoms with Crippen molar-refractivity contribution in [3.63, 3.8) is 0 Å². The minimum absolute atomic E-state index is 0.0515. The summed E-state index contributed by atoms with van der Waals surface area (Å²) < 4.78 is 6.45. The van der Waals surface area contributed by atoms with Crippen molar-refractivity contribution in [3.05, 3.63) is 57.8 Å². The van der Waals surface area contributed by atoms with Crippen LogP contribution in [0.15, 0.2) is 41.0 Å². The van der Waals surface area contributed by atoms with Gasteiger partial charge < -0.3 is 4.74 Å². The normalized spacial score (nSPS) is 12.2. The third kappa shape index (κ3) is 3.81. The van der Waals surface area contributed by atoms with Gasteiger partial charge in [0.05, 0.1) is 18.8 Å². The Hall–Kier alpha value is -1.43. The van der Waals surface area contributed by atoms with Crippen LogP contribution in [-0.4, -0.2) is 12.1 Å². The van der Waals surface area contributed by atoms with Gasteiger partial charge in [-0.3, -0.25) is 16.3 Å². The van der Waals surface area contributed by atoms with Gasteiger partial charge in [-0.15, -0.1) is 0 Å². The number of nitrogens with two attached hydrogens (primary N) is 1. The molecule has 0 fully saturated rings. The maximum absolute atomic E-state index is 5.76. The third-order valence-electron chi connectivity index (χ3n) is 3.50. The van der Waals surface area contributed by atoms with Crippen LogP contribution in [0, 0.1) is 0 Å². The molecule has 0 aliphatic carbocycles. The molecule has 2 aromatic rings. The number of halogens is 1. The summed E-state index contributed by atoms with van der Waals surface area (Å²) in [5.41, 5.74) is 6.16. The van der Waals surface area contributed by atoms with Gasteiger partial charge in [-0.25, -0.2) is 0 Å². The minimum Gasteiger partial charge on any atom is -0.496 e. The maximum Gasteiger partial charge on any atom is 0.122 e. The van der Waals surface area contributed by atoms with E-state index >= 15 is 0 Å². The van der Waals surface area contributed by atoms with Crippen molar-refractivity contribution in [2.45, 2.75) is 25.8 Å². The predicted octanol–water partition coefficient (Wildman–Crippen LogP) is 3.16. The smallest absolute Gasteiger partial charge is 0.122 e. The first-order chi connectivity index (χ1) is 10.2. The van der Waals surface area contributed by atoms with Crippen LogP contribution < -0.4 is 16.0 Å². The summed E-state index contributed by atoms with van der Waals surface area (Å²) in [6.45, 7) is 2.12. The molecule has 1 atom stereocenters. The molecule has 1 aromatic carbocycles. The molecule has 1 unspecified atom stereocenters. The highest BCUT2D eigenvalue weighted by Crippen LogP contribution is 2.28. The number of hydrogen-bond acceptors (Lipinski definition) is 4. The lowest BCUT2D eigenvalue weighted by molar-refractivity contribution is 0.405. The van der Waals surface area contributed by atoms with Gasteiger partial charge >= 0.3 is 0 Å². The largest absolute Gasteiger partial charge is 0.496 e. The highest BCUT2D eigenvalue weighted by atomic mass is 79.9. The lowest BCUT2D eigenvalue weighted by atomic mass is 9.98. The Morgan fingerprint density at radius 2 is 2.14 bits per heavy atom. The number of rotatable bonds is 6. The zero-order valence-corrected chi connectivity index (χ0v) is 13.9. The average molecular weight is 350 g/mol. The van der Waals surface area contributed by atoms with Crippen LogP contribution in [0.2, 0.25) is 0 Å². The molecule has 112 valence electrons. The van der Waals surface area contributed by atoms with E-state index in [9.17, 15) is 0 Å². The molecule has 21 heavy (non-hydrogen) atoms. The molecule has 5 heteroatoms. The molecular formula is C16H20BrN3O. The molecule has 0 saturated heterocycles. The molecule has 0 saturated carbocycles. The van der Waals surface area contributed by atoms with E-state index in [-0.39, 0.29) is 6.04 Å². The van der Waals surface area contributed by atoms with Gasteiger partial charge in [0.25, 0.3) is 0 Å². The molecule has 0 amide bonds. The first-order valence-electron chi connectivity index (χ1n) is 6.92. The Morgan fingerprint density at radius 1 is 1.33 bits per heavy atom. The van der Waals surface area contributed by atoms with E-state index < -0.39 is 0 Å². The van der Waals surface area contributed by atoms with Crippen LogP contribution in [0.3, 0.4) is 0 Å². The second-order valence-corrected chi connectivity index (χ2v) is 5.70. The molecule has 3 N–H and O–H groups in total. The average Bonchev–Trinajstić information content (AvgIpc) is 2.52. The van der Waals surface area contributed by atoms with Crippen LogP contribution in [-0.2, 0) is 12.8 Å². The SMILES string of the molecule is CCc1cccnc1C(Cc1cc(Br)ccc1OC)NN. The van der Waals surface area contributed by atoms with Crippen molar-refractivity contribution in [1.29, 1.82) is 0 Å². The zero-order chi connectivity index (χ0) is 15.2. The first kappa shape index (κ1) is 15.9. The van der Waals surface area contributed by atoms with Crippen LogP contribution in [0.4, 0.5) is 0 Å². The van der Waals surface area contributed by atoms with E-state index in [1.807, 2.05) is 18.2 Å². The lowest BCUT2D eigenvalue weighted by Crippen LogP contribution is -2.31. The zero-order valence-electron chi connectivity index (χ0n) is 12.3. The molecule has 1 heterocycles. The van der Waals surface area contributed by atoms with Crippen molar-refractivity contribution < 1.29 is 4.74 Å². The standard InChI is InChI=1S/C16H20BrN3O/c1-3-11-5-4-8-19-16(11)14(20-18)10-12-9-13(17)6-7-15(12)21-2/h4-9,14,20H,3,10,18H2,1-2H3. The molecule has 4 nitrogen and oxygen atoms in total. The molecule has 2 rings (SSSR count). The Balaban J connectivity index is 2.33. The summed E-state index contributed by atoms with van der Waals surface area (Å²) in [6, 6.07) is 9.96. The lowest BCUT2D eigenvalue weighted by Gasteiger charge is -2.19. The van der Waals surface area contributed by atoms with Gasteiger partial charge in [0.1, 0.15) is 5.75 Å². The summed E-state index contributed by atoms with van der Waals surface area (Å²) in [5, 5.41) is 0. The van der Waals surface area contributed by atoms with Crippen LogP contribution in [0.5, 0.6) is 5.75 Å². The molecule has 0 bridgehead atoms. The van der Waals surface area contributed by atoms with E-state index in [1.54, 1.807) is 13.3 Å². The van der Waals surface area contributed by atoms with Crippen LogP contribution in [0.1, 0.15) is 29.8 Å². The predicted molar refractivity (Wildman–Crippen MR) is 88.1 cm³/mol.